The largest absolute Gasteiger partial charge is 0.467 e. The Hall–Kier alpha value is -1.33. The number of rotatable bonds is 6. The molecule has 20 heavy (non-hydrogen) atoms. The Kier molecular flexibility index (Phi) is 5.61. The lowest BCUT2D eigenvalue weighted by Gasteiger charge is -2.32. The zero-order valence-corrected chi connectivity index (χ0v) is 12.2. The molecule has 5 nitrogen and oxygen atoms in total. The average molecular weight is 280 g/mol. The third-order valence-corrected chi connectivity index (χ3v) is 3.84. The van der Waals surface area contributed by atoms with Crippen molar-refractivity contribution in [3.63, 3.8) is 0 Å². The van der Waals surface area contributed by atoms with Crippen molar-refractivity contribution in [3.05, 3.63) is 24.2 Å². The lowest BCUT2D eigenvalue weighted by molar-refractivity contribution is -0.137. The Labute approximate surface area is 120 Å². The van der Waals surface area contributed by atoms with Gasteiger partial charge < -0.3 is 19.8 Å². The first kappa shape index (κ1) is 15.1. The van der Waals surface area contributed by atoms with Gasteiger partial charge in [0.2, 0.25) is 5.91 Å². The van der Waals surface area contributed by atoms with Gasteiger partial charge in [-0.15, -0.1) is 0 Å². The zero-order valence-electron chi connectivity index (χ0n) is 12.2. The van der Waals surface area contributed by atoms with E-state index in [0.29, 0.717) is 12.6 Å². The molecule has 2 rings (SSSR count). The second-order valence-electron chi connectivity index (χ2n) is 5.29. The number of likely N-dealkylation sites (N-methyl/N-ethyl adjacent to an activating group) is 1. The summed E-state index contributed by atoms with van der Waals surface area (Å²) in [5.41, 5.74) is 0. The SMILES string of the molecule is CNC1CCCCC1OC(C)C(=O)NCc1ccco1. The molecule has 0 radical (unpaired) electrons. The number of carbonyl (C=O) groups excluding carboxylic acids is 1. The number of hydrogen-bond donors (Lipinski definition) is 2. The summed E-state index contributed by atoms with van der Waals surface area (Å²) in [6.45, 7) is 2.21. The average Bonchev–Trinajstić information content (AvgIpc) is 2.98. The first-order valence-electron chi connectivity index (χ1n) is 7.33. The maximum Gasteiger partial charge on any atom is 0.249 e. The molecule has 0 aromatic carbocycles. The second-order valence-corrected chi connectivity index (χ2v) is 5.29. The van der Waals surface area contributed by atoms with Crippen LogP contribution in [0.15, 0.2) is 22.8 Å². The lowest BCUT2D eigenvalue weighted by atomic mass is 9.92. The highest BCUT2D eigenvalue weighted by Gasteiger charge is 2.27. The molecule has 112 valence electrons. The minimum Gasteiger partial charge on any atom is -0.467 e. The fourth-order valence-corrected chi connectivity index (χ4v) is 2.65. The van der Waals surface area contributed by atoms with E-state index in [-0.39, 0.29) is 12.0 Å². The Bertz CT molecular complexity index is 405. The maximum atomic E-state index is 12.0. The molecule has 3 atom stereocenters. The van der Waals surface area contributed by atoms with E-state index in [1.54, 1.807) is 19.3 Å². The van der Waals surface area contributed by atoms with Crippen LogP contribution in [0.25, 0.3) is 0 Å². The van der Waals surface area contributed by atoms with Crippen molar-refractivity contribution in [2.75, 3.05) is 7.05 Å². The van der Waals surface area contributed by atoms with Crippen molar-refractivity contribution in [2.45, 2.75) is 57.4 Å². The van der Waals surface area contributed by atoms with Crippen molar-refractivity contribution in [1.29, 1.82) is 0 Å². The number of carbonyl (C=O) groups is 1. The molecule has 1 aliphatic carbocycles. The van der Waals surface area contributed by atoms with Gasteiger partial charge in [0.1, 0.15) is 11.9 Å². The molecule has 0 saturated heterocycles. The van der Waals surface area contributed by atoms with E-state index in [4.69, 9.17) is 9.15 Å². The van der Waals surface area contributed by atoms with Gasteiger partial charge in [0.15, 0.2) is 0 Å². The smallest absolute Gasteiger partial charge is 0.249 e. The van der Waals surface area contributed by atoms with Crippen LogP contribution in [-0.2, 0) is 16.1 Å². The molecule has 1 aromatic rings. The number of hydrogen-bond acceptors (Lipinski definition) is 4. The van der Waals surface area contributed by atoms with E-state index in [1.165, 1.54) is 12.8 Å². The molecule has 2 N–H and O–H groups in total. The summed E-state index contributed by atoms with van der Waals surface area (Å²) in [6.07, 6.45) is 5.81. The van der Waals surface area contributed by atoms with Crippen molar-refractivity contribution in [3.8, 4) is 0 Å². The van der Waals surface area contributed by atoms with Crippen LogP contribution in [0.3, 0.4) is 0 Å². The van der Waals surface area contributed by atoms with Crippen molar-refractivity contribution >= 4 is 5.91 Å². The molecule has 1 fully saturated rings. The predicted molar refractivity (Wildman–Crippen MR) is 76.2 cm³/mol. The highest BCUT2D eigenvalue weighted by molar-refractivity contribution is 5.80. The van der Waals surface area contributed by atoms with Crippen LogP contribution in [0.2, 0.25) is 0 Å². The molecule has 0 spiro atoms. The predicted octanol–water partition coefficient (Wildman–Crippen LogP) is 1.83. The molecule has 0 bridgehead atoms. The van der Waals surface area contributed by atoms with Crippen LogP contribution in [0.4, 0.5) is 0 Å². The summed E-state index contributed by atoms with van der Waals surface area (Å²) in [5, 5.41) is 6.11. The third kappa shape index (κ3) is 4.08. The first-order chi connectivity index (χ1) is 9.70. The minimum absolute atomic E-state index is 0.0955. The van der Waals surface area contributed by atoms with Crippen LogP contribution in [0.5, 0.6) is 0 Å². The topological polar surface area (TPSA) is 63.5 Å². The maximum absolute atomic E-state index is 12.0. The molecule has 1 aliphatic rings. The fourth-order valence-electron chi connectivity index (χ4n) is 2.65. The fraction of sp³-hybridized carbons (Fsp3) is 0.667. The molecular formula is C15H24N2O3. The van der Waals surface area contributed by atoms with Gasteiger partial charge in [-0.2, -0.15) is 0 Å². The van der Waals surface area contributed by atoms with E-state index in [0.717, 1.165) is 18.6 Å². The Balaban J connectivity index is 1.77. The van der Waals surface area contributed by atoms with Gasteiger partial charge in [0, 0.05) is 6.04 Å². The van der Waals surface area contributed by atoms with Gasteiger partial charge in [-0.25, -0.2) is 0 Å². The van der Waals surface area contributed by atoms with E-state index >= 15 is 0 Å². The lowest BCUT2D eigenvalue weighted by Crippen LogP contribution is -2.46. The first-order valence-corrected chi connectivity index (χ1v) is 7.33. The summed E-state index contributed by atoms with van der Waals surface area (Å²) in [4.78, 5) is 12.0. The van der Waals surface area contributed by atoms with E-state index in [2.05, 4.69) is 10.6 Å². The van der Waals surface area contributed by atoms with E-state index in [1.807, 2.05) is 13.1 Å². The Morgan fingerprint density at radius 3 is 3.00 bits per heavy atom. The molecular weight excluding hydrogens is 256 g/mol. The molecule has 0 aliphatic heterocycles. The summed E-state index contributed by atoms with van der Waals surface area (Å²) in [5.74, 6) is 0.651. The molecule has 5 heteroatoms. The molecule has 1 saturated carbocycles. The minimum atomic E-state index is -0.441. The van der Waals surface area contributed by atoms with Crippen LogP contribution in [-0.4, -0.2) is 31.2 Å². The number of furan rings is 1. The normalized spacial score (nSPS) is 24.3. The van der Waals surface area contributed by atoms with E-state index < -0.39 is 6.10 Å². The van der Waals surface area contributed by atoms with Gasteiger partial charge in [0.05, 0.1) is 18.9 Å². The van der Waals surface area contributed by atoms with Gasteiger partial charge in [0.25, 0.3) is 0 Å². The van der Waals surface area contributed by atoms with Crippen molar-refractivity contribution < 1.29 is 13.9 Å². The second kappa shape index (κ2) is 7.45. The van der Waals surface area contributed by atoms with Crippen LogP contribution >= 0.6 is 0 Å². The monoisotopic (exact) mass is 280 g/mol. The summed E-state index contributed by atoms with van der Waals surface area (Å²) < 4.78 is 11.1. The molecule has 1 heterocycles. The third-order valence-electron chi connectivity index (χ3n) is 3.84. The highest BCUT2D eigenvalue weighted by Crippen LogP contribution is 2.22. The van der Waals surface area contributed by atoms with E-state index in [9.17, 15) is 4.79 Å². The van der Waals surface area contributed by atoms with Gasteiger partial charge in [-0.05, 0) is 38.9 Å². The number of nitrogens with one attached hydrogen (secondary N) is 2. The molecule has 1 amide bonds. The van der Waals surface area contributed by atoms with Crippen LogP contribution in [0, 0.1) is 0 Å². The summed E-state index contributed by atoms with van der Waals surface area (Å²) >= 11 is 0. The van der Waals surface area contributed by atoms with Gasteiger partial charge in [-0.1, -0.05) is 12.8 Å². The summed E-state index contributed by atoms with van der Waals surface area (Å²) in [7, 11) is 1.95. The Morgan fingerprint density at radius 1 is 1.50 bits per heavy atom. The van der Waals surface area contributed by atoms with Crippen LogP contribution in [0.1, 0.15) is 38.4 Å². The zero-order chi connectivity index (χ0) is 14.4. The van der Waals surface area contributed by atoms with Crippen molar-refractivity contribution in [1.82, 2.24) is 10.6 Å². The molecule has 1 aromatic heterocycles. The van der Waals surface area contributed by atoms with Crippen LogP contribution < -0.4 is 10.6 Å². The Morgan fingerprint density at radius 2 is 2.30 bits per heavy atom. The van der Waals surface area contributed by atoms with Gasteiger partial charge >= 0.3 is 0 Å². The molecule has 3 unspecified atom stereocenters. The quantitative estimate of drug-likeness (QED) is 0.834. The van der Waals surface area contributed by atoms with Crippen molar-refractivity contribution in [2.24, 2.45) is 0 Å². The number of amides is 1. The van der Waals surface area contributed by atoms with Gasteiger partial charge in [-0.3, -0.25) is 4.79 Å². The summed E-state index contributed by atoms with van der Waals surface area (Å²) in [6, 6.07) is 3.99. The standard InChI is InChI=1S/C15H24N2O3/c1-11(15(18)17-10-12-6-5-9-19-12)20-14-8-4-3-7-13(14)16-2/h5-6,9,11,13-14,16H,3-4,7-8,10H2,1-2H3,(H,17,18). The number of ether oxygens (including phenoxy) is 1. The highest BCUT2D eigenvalue weighted by atomic mass is 16.5.